The van der Waals surface area contributed by atoms with E-state index in [2.05, 4.69) is 9.80 Å². The van der Waals surface area contributed by atoms with E-state index < -0.39 is 0 Å². The molecule has 4 rings (SSSR count). The lowest BCUT2D eigenvalue weighted by Gasteiger charge is -2.40. The summed E-state index contributed by atoms with van der Waals surface area (Å²) in [6.07, 6.45) is 12.9. The summed E-state index contributed by atoms with van der Waals surface area (Å²) in [5.74, 6) is 0.291. The molecule has 2 amide bonds. The Morgan fingerprint density at radius 2 is 1.26 bits per heavy atom. The van der Waals surface area contributed by atoms with Gasteiger partial charge in [0.1, 0.15) is 0 Å². The van der Waals surface area contributed by atoms with Crippen LogP contribution in [0.3, 0.4) is 0 Å². The lowest BCUT2D eigenvalue weighted by molar-refractivity contribution is -0.140. The Balaban J connectivity index is 1.14. The summed E-state index contributed by atoms with van der Waals surface area (Å²) in [5.41, 5.74) is 0. The number of fused-ring (bicyclic) bond motifs is 1. The molecule has 4 fully saturated rings. The molecule has 5 nitrogen and oxygen atoms in total. The van der Waals surface area contributed by atoms with Crippen LogP contribution in [0.5, 0.6) is 0 Å². The number of piperidine rings is 2. The van der Waals surface area contributed by atoms with Gasteiger partial charge in [-0.2, -0.15) is 0 Å². The summed E-state index contributed by atoms with van der Waals surface area (Å²) in [6.45, 7) is 6.82. The molecule has 0 aromatic rings. The normalized spacial score (nSPS) is 31.5. The van der Waals surface area contributed by atoms with Crippen LogP contribution in [-0.4, -0.2) is 71.8 Å². The molecule has 0 bridgehead atoms. The van der Waals surface area contributed by atoms with Gasteiger partial charge < -0.3 is 9.80 Å². The number of nitrogens with zero attached hydrogens (tertiary/aromatic N) is 3. The highest BCUT2D eigenvalue weighted by Gasteiger charge is 2.47. The highest BCUT2D eigenvalue weighted by atomic mass is 16.2. The molecular formula is C22H37N3O2. The van der Waals surface area contributed by atoms with E-state index in [9.17, 15) is 9.59 Å². The van der Waals surface area contributed by atoms with Gasteiger partial charge in [-0.25, -0.2) is 0 Å². The maximum atomic E-state index is 12.5. The van der Waals surface area contributed by atoms with E-state index in [4.69, 9.17) is 0 Å². The summed E-state index contributed by atoms with van der Waals surface area (Å²) >= 11 is 0. The highest BCUT2D eigenvalue weighted by molar-refractivity contribution is 6.05. The molecule has 3 aliphatic heterocycles. The molecule has 1 saturated carbocycles. The van der Waals surface area contributed by atoms with Crippen molar-refractivity contribution in [2.75, 3.05) is 39.3 Å². The van der Waals surface area contributed by atoms with E-state index in [0.717, 1.165) is 51.1 Å². The summed E-state index contributed by atoms with van der Waals surface area (Å²) in [7, 11) is 0. The first-order chi connectivity index (χ1) is 13.2. The van der Waals surface area contributed by atoms with Crippen molar-refractivity contribution in [1.82, 2.24) is 14.7 Å². The maximum absolute atomic E-state index is 12.5. The third kappa shape index (κ3) is 4.40. The van der Waals surface area contributed by atoms with Crippen molar-refractivity contribution >= 4 is 11.8 Å². The Labute approximate surface area is 164 Å². The summed E-state index contributed by atoms with van der Waals surface area (Å²) in [4.78, 5) is 32.0. The highest BCUT2D eigenvalue weighted by Crippen LogP contribution is 2.38. The minimum Gasteiger partial charge on any atom is -0.303 e. The number of amides is 2. The molecule has 0 aromatic heterocycles. The number of rotatable bonds is 6. The second-order valence-corrected chi connectivity index (χ2v) is 9.20. The van der Waals surface area contributed by atoms with Gasteiger partial charge in [0, 0.05) is 12.6 Å². The maximum Gasteiger partial charge on any atom is 0.233 e. The predicted molar refractivity (Wildman–Crippen MR) is 106 cm³/mol. The van der Waals surface area contributed by atoms with E-state index >= 15 is 0 Å². The van der Waals surface area contributed by atoms with Gasteiger partial charge in [0.05, 0.1) is 11.8 Å². The molecule has 0 aromatic carbocycles. The average Bonchev–Trinajstić information content (AvgIpc) is 2.97. The van der Waals surface area contributed by atoms with Crippen molar-refractivity contribution in [2.45, 2.75) is 76.7 Å². The minimum atomic E-state index is 0.0139. The van der Waals surface area contributed by atoms with Crippen LogP contribution >= 0.6 is 0 Å². The Morgan fingerprint density at radius 1 is 0.667 bits per heavy atom. The summed E-state index contributed by atoms with van der Waals surface area (Å²) in [5, 5.41) is 0. The quantitative estimate of drug-likeness (QED) is 0.529. The lowest BCUT2D eigenvalue weighted by atomic mass is 9.81. The van der Waals surface area contributed by atoms with Crippen molar-refractivity contribution in [3.8, 4) is 0 Å². The fraction of sp³-hybridized carbons (Fsp3) is 0.909. The number of imide groups is 1. The topological polar surface area (TPSA) is 43.9 Å². The van der Waals surface area contributed by atoms with E-state index in [1.165, 1.54) is 58.3 Å². The molecular weight excluding hydrogens is 338 g/mol. The fourth-order valence-corrected chi connectivity index (χ4v) is 5.85. The first kappa shape index (κ1) is 19.4. The predicted octanol–water partition coefficient (Wildman–Crippen LogP) is 2.89. The molecule has 2 atom stereocenters. The van der Waals surface area contributed by atoms with Crippen molar-refractivity contribution < 1.29 is 9.59 Å². The van der Waals surface area contributed by atoms with Crippen LogP contribution < -0.4 is 0 Å². The van der Waals surface area contributed by atoms with E-state index in [1.807, 2.05) is 0 Å². The van der Waals surface area contributed by atoms with Crippen molar-refractivity contribution in [3.05, 3.63) is 0 Å². The number of unbranched alkanes of at least 4 members (excludes halogenated alkanes) is 1. The molecule has 0 radical (unpaired) electrons. The molecule has 5 heteroatoms. The Hall–Kier alpha value is -0.940. The van der Waals surface area contributed by atoms with E-state index in [1.54, 1.807) is 4.90 Å². The van der Waals surface area contributed by atoms with Crippen LogP contribution in [0, 0.1) is 11.8 Å². The van der Waals surface area contributed by atoms with Crippen LogP contribution in [0.2, 0.25) is 0 Å². The Morgan fingerprint density at radius 3 is 1.89 bits per heavy atom. The zero-order valence-electron chi connectivity index (χ0n) is 16.9. The molecule has 152 valence electrons. The molecule has 0 spiro atoms. The fourth-order valence-electron chi connectivity index (χ4n) is 5.85. The number of hydrogen-bond donors (Lipinski definition) is 0. The number of carbonyl (C=O) groups is 2. The van der Waals surface area contributed by atoms with Gasteiger partial charge in [-0.05, 0) is 84.1 Å². The third-order valence-electron chi connectivity index (χ3n) is 7.50. The van der Waals surface area contributed by atoms with Crippen LogP contribution in [0.15, 0.2) is 0 Å². The zero-order chi connectivity index (χ0) is 18.6. The van der Waals surface area contributed by atoms with Gasteiger partial charge in [0.15, 0.2) is 0 Å². The molecule has 4 aliphatic rings. The van der Waals surface area contributed by atoms with Gasteiger partial charge >= 0.3 is 0 Å². The van der Waals surface area contributed by atoms with Crippen LogP contribution in [0.1, 0.15) is 70.6 Å². The number of hydrogen-bond acceptors (Lipinski definition) is 4. The molecule has 27 heavy (non-hydrogen) atoms. The first-order valence-corrected chi connectivity index (χ1v) is 11.6. The second kappa shape index (κ2) is 9.04. The summed E-state index contributed by atoms with van der Waals surface area (Å²) < 4.78 is 0. The largest absolute Gasteiger partial charge is 0.303 e. The van der Waals surface area contributed by atoms with Gasteiger partial charge in [0.2, 0.25) is 11.8 Å². The van der Waals surface area contributed by atoms with Crippen molar-refractivity contribution in [3.63, 3.8) is 0 Å². The smallest absolute Gasteiger partial charge is 0.233 e. The van der Waals surface area contributed by atoms with Crippen LogP contribution in [0.4, 0.5) is 0 Å². The van der Waals surface area contributed by atoms with Gasteiger partial charge in [-0.3, -0.25) is 14.5 Å². The summed E-state index contributed by atoms with van der Waals surface area (Å²) in [6, 6.07) is 0.810. The Bertz CT molecular complexity index is 500. The minimum absolute atomic E-state index is 0.0139. The number of likely N-dealkylation sites (tertiary alicyclic amines) is 3. The monoisotopic (exact) mass is 375 g/mol. The van der Waals surface area contributed by atoms with Crippen molar-refractivity contribution in [2.24, 2.45) is 11.8 Å². The van der Waals surface area contributed by atoms with Crippen LogP contribution in [0.25, 0.3) is 0 Å². The SMILES string of the molecule is O=C1C2CCCCC2C(=O)N1CCCCN1CCC(N2CCCCC2)CC1. The molecule has 3 saturated heterocycles. The Kier molecular flexibility index (Phi) is 6.49. The van der Waals surface area contributed by atoms with Crippen molar-refractivity contribution in [1.29, 1.82) is 0 Å². The number of carbonyl (C=O) groups excluding carboxylic acids is 2. The van der Waals surface area contributed by atoms with Gasteiger partial charge in [-0.15, -0.1) is 0 Å². The van der Waals surface area contributed by atoms with E-state index in [-0.39, 0.29) is 23.7 Å². The average molecular weight is 376 g/mol. The molecule has 0 N–H and O–H groups in total. The standard InChI is InChI=1S/C22H37N3O2/c26-21-19-8-2-3-9-20(19)22(27)25(21)15-7-6-12-23-16-10-18(11-17-23)24-13-4-1-5-14-24/h18-20H,1-17H2. The van der Waals surface area contributed by atoms with E-state index in [0.29, 0.717) is 6.54 Å². The first-order valence-electron chi connectivity index (χ1n) is 11.6. The zero-order valence-corrected chi connectivity index (χ0v) is 16.9. The molecule has 2 unspecified atom stereocenters. The molecule has 3 heterocycles. The van der Waals surface area contributed by atoms with Crippen LogP contribution in [-0.2, 0) is 9.59 Å². The third-order valence-corrected chi connectivity index (χ3v) is 7.50. The lowest BCUT2D eigenvalue weighted by Crippen LogP contribution is -2.46. The van der Waals surface area contributed by atoms with Gasteiger partial charge in [-0.1, -0.05) is 19.3 Å². The van der Waals surface area contributed by atoms with Gasteiger partial charge in [0.25, 0.3) is 0 Å². The second-order valence-electron chi connectivity index (χ2n) is 9.20. The molecule has 1 aliphatic carbocycles.